The Morgan fingerprint density at radius 1 is 1.20 bits per heavy atom. The van der Waals surface area contributed by atoms with Crippen LogP contribution in [-0.2, 0) is 4.79 Å². The molecule has 1 aromatic carbocycles. The minimum atomic E-state index is 0.0994. The lowest BCUT2D eigenvalue weighted by molar-refractivity contribution is -0.117. The van der Waals surface area contributed by atoms with Gasteiger partial charge in [0.2, 0.25) is 5.91 Å². The molecule has 1 rings (SSSR count). The SMILES string of the molecule is CC(C)[C@H](C)CC(=O)Nc1ccccc1. The standard InChI is InChI=1S/C13H19NO/c1-10(2)11(3)9-13(15)14-12-7-5-4-6-8-12/h4-8,10-11H,9H2,1-3H3,(H,14,15)/t11-/m1/s1. The average Bonchev–Trinajstić information content (AvgIpc) is 2.18. The smallest absolute Gasteiger partial charge is 0.224 e. The Balaban J connectivity index is 2.43. The second-order valence-corrected chi connectivity index (χ2v) is 4.34. The van der Waals surface area contributed by atoms with E-state index in [4.69, 9.17) is 0 Å². The van der Waals surface area contributed by atoms with Crippen LogP contribution in [0.15, 0.2) is 30.3 Å². The van der Waals surface area contributed by atoms with Gasteiger partial charge in [-0.05, 0) is 24.0 Å². The van der Waals surface area contributed by atoms with Crippen LogP contribution in [0, 0.1) is 11.8 Å². The van der Waals surface area contributed by atoms with Gasteiger partial charge in [-0.15, -0.1) is 0 Å². The van der Waals surface area contributed by atoms with Crippen LogP contribution in [-0.4, -0.2) is 5.91 Å². The number of rotatable bonds is 4. The van der Waals surface area contributed by atoms with Gasteiger partial charge in [-0.2, -0.15) is 0 Å². The molecule has 0 aliphatic carbocycles. The Kier molecular flexibility index (Phi) is 4.35. The molecule has 1 amide bonds. The van der Waals surface area contributed by atoms with Crippen LogP contribution in [0.2, 0.25) is 0 Å². The normalized spacial score (nSPS) is 12.5. The molecule has 0 fully saturated rings. The molecule has 0 saturated carbocycles. The zero-order valence-electron chi connectivity index (χ0n) is 9.66. The van der Waals surface area contributed by atoms with E-state index in [1.165, 1.54) is 0 Å². The monoisotopic (exact) mass is 205 g/mol. The molecular weight excluding hydrogens is 186 g/mol. The summed E-state index contributed by atoms with van der Waals surface area (Å²) in [5.74, 6) is 1.07. The number of carbonyl (C=O) groups is 1. The highest BCUT2D eigenvalue weighted by Crippen LogP contribution is 2.15. The fourth-order valence-electron chi connectivity index (χ4n) is 1.26. The van der Waals surface area contributed by atoms with Gasteiger partial charge in [0.15, 0.2) is 0 Å². The third-order valence-corrected chi connectivity index (χ3v) is 2.70. The van der Waals surface area contributed by atoms with Crippen LogP contribution in [0.25, 0.3) is 0 Å². The number of amides is 1. The van der Waals surface area contributed by atoms with Crippen molar-refractivity contribution in [3.8, 4) is 0 Å². The number of carbonyl (C=O) groups excluding carboxylic acids is 1. The summed E-state index contributed by atoms with van der Waals surface area (Å²) in [6.07, 6.45) is 0.590. The van der Waals surface area contributed by atoms with Gasteiger partial charge in [0.1, 0.15) is 0 Å². The lowest BCUT2D eigenvalue weighted by Gasteiger charge is -2.14. The van der Waals surface area contributed by atoms with E-state index in [0.717, 1.165) is 5.69 Å². The maximum atomic E-state index is 11.6. The minimum Gasteiger partial charge on any atom is -0.326 e. The molecule has 82 valence electrons. The van der Waals surface area contributed by atoms with Gasteiger partial charge in [0.25, 0.3) is 0 Å². The molecule has 0 bridgehead atoms. The molecule has 2 heteroatoms. The van der Waals surface area contributed by atoms with Crippen LogP contribution in [0.4, 0.5) is 5.69 Å². The van der Waals surface area contributed by atoms with E-state index in [2.05, 4.69) is 26.1 Å². The van der Waals surface area contributed by atoms with Crippen molar-refractivity contribution in [2.45, 2.75) is 27.2 Å². The van der Waals surface area contributed by atoms with E-state index >= 15 is 0 Å². The Labute approximate surface area is 91.7 Å². The summed E-state index contributed by atoms with van der Waals surface area (Å²) in [5.41, 5.74) is 0.874. The lowest BCUT2D eigenvalue weighted by atomic mass is 9.94. The number of hydrogen-bond donors (Lipinski definition) is 1. The van der Waals surface area contributed by atoms with Crippen molar-refractivity contribution >= 4 is 11.6 Å². The molecule has 15 heavy (non-hydrogen) atoms. The highest BCUT2D eigenvalue weighted by atomic mass is 16.1. The molecule has 0 spiro atoms. The molecular formula is C13H19NO. The van der Waals surface area contributed by atoms with Crippen molar-refractivity contribution in [2.75, 3.05) is 5.32 Å². The largest absolute Gasteiger partial charge is 0.326 e. The van der Waals surface area contributed by atoms with Crippen molar-refractivity contribution in [2.24, 2.45) is 11.8 Å². The van der Waals surface area contributed by atoms with Crippen LogP contribution >= 0.6 is 0 Å². The topological polar surface area (TPSA) is 29.1 Å². The highest BCUT2D eigenvalue weighted by Gasteiger charge is 2.12. The fraction of sp³-hybridized carbons (Fsp3) is 0.462. The van der Waals surface area contributed by atoms with E-state index in [1.807, 2.05) is 30.3 Å². The molecule has 1 atom stereocenters. The Morgan fingerprint density at radius 3 is 2.33 bits per heavy atom. The van der Waals surface area contributed by atoms with Crippen LogP contribution in [0.5, 0.6) is 0 Å². The molecule has 0 radical (unpaired) electrons. The zero-order valence-corrected chi connectivity index (χ0v) is 9.66. The molecule has 0 aromatic heterocycles. The molecule has 0 aliphatic rings. The van der Waals surface area contributed by atoms with Crippen molar-refractivity contribution in [1.82, 2.24) is 0 Å². The van der Waals surface area contributed by atoms with Crippen LogP contribution in [0.1, 0.15) is 27.2 Å². The summed E-state index contributed by atoms with van der Waals surface area (Å²) < 4.78 is 0. The van der Waals surface area contributed by atoms with Gasteiger partial charge in [-0.3, -0.25) is 4.79 Å². The van der Waals surface area contributed by atoms with Crippen molar-refractivity contribution in [3.05, 3.63) is 30.3 Å². The number of para-hydroxylation sites is 1. The number of anilines is 1. The third kappa shape index (κ3) is 4.15. The van der Waals surface area contributed by atoms with E-state index in [1.54, 1.807) is 0 Å². The van der Waals surface area contributed by atoms with Crippen molar-refractivity contribution in [1.29, 1.82) is 0 Å². The summed E-state index contributed by atoms with van der Waals surface area (Å²) in [5, 5.41) is 2.89. The molecule has 0 aliphatic heterocycles. The second kappa shape index (κ2) is 5.54. The first-order valence-electron chi connectivity index (χ1n) is 5.44. The second-order valence-electron chi connectivity index (χ2n) is 4.34. The highest BCUT2D eigenvalue weighted by molar-refractivity contribution is 5.90. The summed E-state index contributed by atoms with van der Waals surface area (Å²) in [4.78, 5) is 11.6. The number of nitrogens with one attached hydrogen (secondary N) is 1. The maximum Gasteiger partial charge on any atom is 0.224 e. The first-order chi connectivity index (χ1) is 7.09. The van der Waals surface area contributed by atoms with Gasteiger partial charge in [0.05, 0.1) is 0 Å². The third-order valence-electron chi connectivity index (χ3n) is 2.70. The Bertz CT molecular complexity index is 306. The van der Waals surface area contributed by atoms with Gasteiger partial charge in [-0.1, -0.05) is 39.0 Å². The summed E-state index contributed by atoms with van der Waals surface area (Å²) in [6.45, 7) is 6.39. The van der Waals surface area contributed by atoms with Gasteiger partial charge in [0, 0.05) is 12.1 Å². The fourth-order valence-corrected chi connectivity index (χ4v) is 1.26. The summed E-state index contributed by atoms with van der Waals surface area (Å²) in [6, 6.07) is 9.57. The van der Waals surface area contributed by atoms with Gasteiger partial charge < -0.3 is 5.32 Å². The van der Waals surface area contributed by atoms with Crippen molar-refractivity contribution < 1.29 is 4.79 Å². The molecule has 1 N–H and O–H groups in total. The predicted molar refractivity (Wildman–Crippen MR) is 63.7 cm³/mol. The average molecular weight is 205 g/mol. The van der Waals surface area contributed by atoms with Crippen LogP contribution in [0.3, 0.4) is 0 Å². The summed E-state index contributed by atoms with van der Waals surface area (Å²) >= 11 is 0. The van der Waals surface area contributed by atoms with E-state index in [0.29, 0.717) is 18.3 Å². The molecule has 0 saturated heterocycles. The first kappa shape index (κ1) is 11.8. The summed E-state index contributed by atoms with van der Waals surface area (Å²) in [7, 11) is 0. The predicted octanol–water partition coefficient (Wildman–Crippen LogP) is 3.31. The quantitative estimate of drug-likeness (QED) is 0.802. The maximum absolute atomic E-state index is 11.6. The van der Waals surface area contributed by atoms with Gasteiger partial charge >= 0.3 is 0 Å². The number of hydrogen-bond acceptors (Lipinski definition) is 1. The minimum absolute atomic E-state index is 0.0994. The zero-order chi connectivity index (χ0) is 11.3. The molecule has 1 aromatic rings. The van der Waals surface area contributed by atoms with Crippen LogP contribution < -0.4 is 5.32 Å². The van der Waals surface area contributed by atoms with E-state index in [-0.39, 0.29) is 5.91 Å². The van der Waals surface area contributed by atoms with E-state index < -0.39 is 0 Å². The Hall–Kier alpha value is -1.31. The number of benzene rings is 1. The molecule has 0 unspecified atom stereocenters. The van der Waals surface area contributed by atoms with Crippen molar-refractivity contribution in [3.63, 3.8) is 0 Å². The van der Waals surface area contributed by atoms with E-state index in [9.17, 15) is 4.79 Å². The van der Waals surface area contributed by atoms with Gasteiger partial charge in [-0.25, -0.2) is 0 Å². The lowest BCUT2D eigenvalue weighted by Crippen LogP contribution is -2.17. The molecule has 0 heterocycles. The Morgan fingerprint density at radius 2 is 1.80 bits per heavy atom. The first-order valence-corrected chi connectivity index (χ1v) is 5.44. The molecule has 2 nitrogen and oxygen atoms in total.